The summed E-state index contributed by atoms with van der Waals surface area (Å²) in [5.74, 6) is 0.639. The molecular formula is C60H86N2O12Si2. The Labute approximate surface area is 454 Å². The maximum atomic E-state index is 12.0. The average Bonchev–Trinajstić information content (AvgIpc) is 3.77. The quantitative estimate of drug-likeness (QED) is 0.0606. The molecule has 0 saturated carbocycles. The number of hydrogen-bond donors (Lipinski definition) is 2. The third kappa shape index (κ3) is 15.4. The molecule has 14 nitrogen and oxygen atoms in total. The second-order valence-corrected chi connectivity index (χ2v) is 30.8. The van der Waals surface area contributed by atoms with E-state index in [4.69, 9.17) is 37.3 Å². The number of aliphatic hydroxyl groups excluding tert-OH is 1. The predicted molar refractivity (Wildman–Crippen MR) is 303 cm³/mol. The number of aliphatic imine (C=N–C) groups is 1. The lowest BCUT2D eigenvalue weighted by Crippen LogP contribution is -2.66. The first-order valence-corrected chi connectivity index (χ1v) is 30.6. The summed E-state index contributed by atoms with van der Waals surface area (Å²) in [6.45, 7) is 29.3. The zero-order valence-corrected chi connectivity index (χ0v) is 49.4. The van der Waals surface area contributed by atoms with Crippen molar-refractivity contribution in [3.63, 3.8) is 0 Å². The first-order chi connectivity index (χ1) is 36.0. The number of esters is 2. The molecule has 10 atom stereocenters. The van der Waals surface area contributed by atoms with Gasteiger partial charge in [0.1, 0.15) is 19.3 Å². The molecule has 1 unspecified atom stereocenters. The summed E-state index contributed by atoms with van der Waals surface area (Å²) in [4.78, 5) is 38.6. The highest BCUT2D eigenvalue weighted by molar-refractivity contribution is 7.00. The fraction of sp³-hybridized carbons (Fsp3) is 0.533. The highest BCUT2D eigenvalue weighted by Gasteiger charge is 2.52. The molecule has 76 heavy (non-hydrogen) atoms. The smallest absolute Gasteiger partial charge is 0.302 e. The fourth-order valence-electron chi connectivity index (χ4n) is 10.7. The molecule has 3 aliphatic heterocycles. The molecule has 0 spiro atoms. The van der Waals surface area contributed by atoms with Crippen molar-refractivity contribution < 1.29 is 56.8 Å². The zero-order valence-electron chi connectivity index (χ0n) is 47.4. The van der Waals surface area contributed by atoms with Crippen molar-refractivity contribution in [1.29, 1.82) is 0 Å². The van der Waals surface area contributed by atoms with E-state index in [0.29, 0.717) is 25.0 Å². The Kier molecular flexibility index (Phi) is 22.8. The molecule has 4 aromatic rings. The van der Waals surface area contributed by atoms with Crippen LogP contribution in [-0.4, -0.2) is 122 Å². The van der Waals surface area contributed by atoms with Gasteiger partial charge >= 0.3 is 11.9 Å². The molecule has 0 aliphatic carbocycles. The highest BCUT2D eigenvalue weighted by Crippen LogP contribution is 2.39. The van der Waals surface area contributed by atoms with Gasteiger partial charge in [0.25, 0.3) is 16.6 Å². The molecule has 2 fully saturated rings. The summed E-state index contributed by atoms with van der Waals surface area (Å²) in [6, 6.07) is 41.6. The Balaban J connectivity index is 0.000000234. The van der Waals surface area contributed by atoms with Gasteiger partial charge < -0.3 is 47.7 Å². The van der Waals surface area contributed by atoms with Gasteiger partial charge in [-0.2, -0.15) is 0 Å². The second kappa shape index (κ2) is 28.0. The van der Waals surface area contributed by atoms with Gasteiger partial charge in [-0.3, -0.25) is 14.4 Å². The maximum Gasteiger partial charge on any atom is 0.302 e. The van der Waals surface area contributed by atoms with Crippen LogP contribution in [0.25, 0.3) is 0 Å². The van der Waals surface area contributed by atoms with Crippen molar-refractivity contribution >= 4 is 61.1 Å². The lowest BCUT2D eigenvalue weighted by atomic mass is 9.82. The summed E-state index contributed by atoms with van der Waals surface area (Å²) in [5.41, 5.74) is 0. The van der Waals surface area contributed by atoms with Gasteiger partial charge in [-0.1, -0.05) is 191 Å². The van der Waals surface area contributed by atoms with Crippen LogP contribution in [0.1, 0.15) is 96.9 Å². The molecule has 4 aromatic carbocycles. The molecule has 416 valence electrons. The van der Waals surface area contributed by atoms with E-state index in [0.717, 1.165) is 0 Å². The van der Waals surface area contributed by atoms with Crippen LogP contribution in [0.2, 0.25) is 10.1 Å². The van der Waals surface area contributed by atoms with E-state index in [1.54, 1.807) is 0 Å². The van der Waals surface area contributed by atoms with E-state index in [9.17, 15) is 19.5 Å². The summed E-state index contributed by atoms with van der Waals surface area (Å²) < 4.78 is 47.4. The minimum absolute atomic E-state index is 0.0229. The van der Waals surface area contributed by atoms with E-state index in [-0.39, 0.29) is 103 Å². The number of aliphatic hydroxyl groups is 1. The molecular weight excluding hydrogens is 997 g/mol. The van der Waals surface area contributed by atoms with Gasteiger partial charge in [0.15, 0.2) is 12.2 Å². The van der Waals surface area contributed by atoms with Crippen LogP contribution in [-0.2, 0) is 51.7 Å². The predicted octanol–water partition coefficient (Wildman–Crippen LogP) is 7.56. The first kappa shape index (κ1) is 61.8. The molecule has 0 bridgehead atoms. The fourth-order valence-corrected chi connectivity index (χ4v) is 19.8. The van der Waals surface area contributed by atoms with Crippen LogP contribution in [0.15, 0.2) is 126 Å². The number of nitrogens with one attached hydrogen (secondary N) is 1. The van der Waals surface area contributed by atoms with Gasteiger partial charge in [0.2, 0.25) is 12.2 Å². The van der Waals surface area contributed by atoms with Crippen LogP contribution >= 0.6 is 0 Å². The minimum atomic E-state index is -2.69. The number of rotatable bonds is 17. The Hall–Kier alpha value is -5.05. The molecule has 7 rings (SSSR count). The molecule has 3 aliphatic rings. The number of amides is 1. The Bertz CT molecular complexity index is 2360. The number of carbonyl (C=O) groups is 3. The zero-order chi connectivity index (χ0) is 55.8. The van der Waals surface area contributed by atoms with Crippen molar-refractivity contribution in [1.82, 2.24) is 5.32 Å². The summed E-state index contributed by atoms with van der Waals surface area (Å²) in [7, 11) is -5.12. The molecule has 16 heteroatoms. The van der Waals surface area contributed by atoms with Crippen molar-refractivity contribution in [2.75, 3.05) is 39.6 Å². The van der Waals surface area contributed by atoms with Crippen LogP contribution < -0.4 is 26.1 Å². The SMILES string of the molecule is CC(=O)N[C@H]1[C@H](OCCO[Si](c2ccccc2)(c2ccccc2)C(C)(C)C)O[C@H](COC(C)=O)[C@H](C)[C@@H]1C.CC(=O)OC[C@H]1OC2OC(C)=N[C@@H]2[C@@H](C)[C@H]1C.CC(C)(C)[Si](OCCO)(c1ccccc1)c1ccccc1. The van der Waals surface area contributed by atoms with E-state index in [1.807, 2.05) is 38.1 Å². The summed E-state index contributed by atoms with van der Waals surface area (Å²) in [5, 5.41) is 17.0. The topological polar surface area (TPSA) is 170 Å². The van der Waals surface area contributed by atoms with Crippen LogP contribution in [0, 0.1) is 23.7 Å². The summed E-state index contributed by atoms with van der Waals surface area (Å²) >= 11 is 0. The third-order valence-corrected chi connectivity index (χ3v) is 25.0. The number of nitrogens with zero attached hydrogens (tertiary/aromatic N) is 1. The number of ether oxygens (including phenoxy) is 6. The van der Waals surface area contributed by atoms with Gasteiger partial charge in [-0.05, 0) is 54.5 Å². The molecule has 1 amide bonds. The molecule has 2 N–H and O–H groups in total. The van der Waals surface area contributed by atoms with Crippen LogP contribution in [0.5, 0.6) is 0 Å². The summed E-state index contributed by atoms with van der Waals surface area (Å²) in [6.07, 6.45) is -1.45. The lowest BCUT2D eigenvalue weighted by molar-refractivity contribution is -0.245. The second-order valence-electron chi connectivity index (χ2n) is 22.2. The molecule has 0 radical (unpaired) electrons. The van der Waals surface area contributed by atoms with Gasteiger partial charge in [0, 0.05) is 27.7 Å². The van der Waals surface area contributed by atoms with E-state index < -0.39 is 22.9 Å². The van der Waals surface area contributed by atoms with Crippen molar-refractivity contribution in [3.05, 3.63) is 121 Å². The van der Waals surface area contributed by atoms with Crippen LogP contribution in [0.4, 0.5) is 0 Å². The largest absolute Gasteiger partial charge is 0.463 e. The number of hydrogen-bond acceptors (Lipinski definition) is 13. The van der Waals surface area contributed by atoms with Crippen LogP contribution in [0.3, 0.4) is 0 Å². The monoisotopic (exact) mass is 1080 g/mol. The minimum Gasteiger partial charge on any atom is -0.463 e. The van der Waals surface area contributed by atoms with Gasteiger partial charge in [-0.15, -0.1) is 0 Å². The Morgan fingerprint density at radius 3 is 1.36 bits per heavy atom. The number of carbonyl (C=O) groups excluding carboxylic acids is 3. The van der Waals surface area contributed by atoms with E-state index in [1.165, 1.54) is 41.5 Å². The standard InChI is InChI=1S/C30H43NO6Si.C18H24O2Si.C12H19NO4/c1-21-22(2)28(31-23(3)32)29(37-27(21)20-35-24(4)33)34-18-19-36-38(30(5,6)7,25-14-10-8-11-15-25)26-16-12-9-13-17-26;1-18(2,3)21(20-15-14-19,16-10-6-4-7-11-16)17-12-8-5-9-13-17;1-6-7(2)11-12(16-8(3)13-11)17-10(6)5-15-9(4)14/h8-17,21-22,27-29H,18-20H2,1-7H3,(H,31,32);4-13,19H,14-15H2,1-3H3;6-7,10-12H,5H2,1-4H3/t21-,22+,27-,28-,29-;;6-,7+,10-,11-,12?/m1.1/s1. The molecule has 0 aromatic heterocycles. The normalized spacial score (nSPS) is 24.4. The molecule has 3 heterocycles. The third-order valence-electron chi connectivity index (χ3n) is 14.9. The van der Waals surface area contributed by atoms with Crippen molar-refractivity contribution in [2.24, 2.45) is 28.7 Å². The highest BCUT2D eigenvalue weighted by atomic mass is 28.4. The molecule has 2 saturated heterocycles. The van der Waals surface area contributed by atoms with Crippen molar-refractivity contribution in [2.45, 2.75) is 144 Å². The number of fused-ring (bicyclic) bond motifs is 1. The van der Waals surface area contributed by atoms with E-state index in [2.05, 4.69) is 170 Å². The number of benzene rings is 4. The Morgan fingerprint density at radius 1 is 0.579 bits per heavy atom. The van der Waals surface area contributed by atoms with Gasteiger partial charge in [0.05, 0.1) is 44.7 Å². The Morgan fingerprint density at radius 2 is 0.974 bits per heavy atom. The first-order valence-electron chi connectivity index (χ1n) is 26.8. The lowest BCUT2D eigenvalue weighted by Gasteiger charge is -2.45. The average molecular weight is 1080 g/mol. The van der Waals surface area contributed by atoms with Crippen molar-refractivity contribution in [3.8, 4) is 0 Å². The van der Waals surface area contributed by atoms with E-state index >= 15 is 0 Å². The maximum absolute atomic E-state index is 12.0. The van der Waals surface area contributed by atoms with Gasteiger partial charge in [-0.25, -0.2) is 4.99 Å².